The molecule has 4 atom stereocenters. The molecule has 9 rings (SSSR count). The van der Waals surface area contributed by atoms with Crippen molar-refractivity contribution in [2.45, 2.75) is 25.0 Å². The van der Waals surface area contributed by atoms with Gasteiger partial charge in [-0.3, -0.25) is 14.4 Å². The summed E-state index contributed by atoms with van der Waals surface area (Å²) in [5.74, 6) is -1.03. The average Bonchev–Trinajstić information content (AvgIpc) is 3.96. The predicted octanol–water partition coefficient (Wildman–Crippen LogP) is 6.03. The summed E-state index contributed by atoms with van der Waals surface area (Å²) in [6.07, 6.45) is -1.00. The summed E-state index contributed by atoms with van der Waals surface area (Å²) in [5.41, 5.74) is 4.14. The van der Waals surface area contributed by atoms with Gasteiger partial charge in [0.05, 0.1) is 57.0 Å². The van der Waals surface area contributed by atoms with Crippen LogP contribution in [0.25, 0.3) is 10.9 Å². The van der Waals surface area contributed by atoms with Gasteiger partial charge in [0.1, 0.15) is 11.8 Å². The van der Waals surface area contributed by atoms with Crippen molar-refractivity contribution in [1.29, 1.82) is 0 Å². The third-order valence-corrected chi connectivity index (χ3v) is 10.7. The summed E-state index contributed by atoms with van der Waals surface area (Å²) < 4.78 is 41.9. The number of fused-ring (bicyclic) bond motifs is 5. The molecule has 5 aromatic rings. The zero-order valence-electron chi connectivity index (χ0n) is 29.5. The highest BCUT2D eigenvalue weighted by Gasteiger charge is 2.54. The number of cyclic esters (lactones) is 1. The largest absolute Gasteiger partial charge is 0.494 e. The van der Waals surface area contributed by atoms with Gasteiger partial charge < -0.3 is 42.8 Å². The predicted molar refractivity (Wildman–Crippen MR) is 192 cm³/mol. The monoisotopic (exact) mass is 730 g/mol. The quantitative estimate of drug-likeness (QED) is 0.177. The van der Waals surface area contributed by atoms with Crippen molar-refractivity contribution in [1.82, 2.24) is 4.57 Å². The van der Waals surface area contributed by atoms with Gasteiger partial charge >= 0.3 is 11.9 Å². The Bertz CT molecular complexity index is 2410. The number of hydrogen-bond donors (Lipinski definition) is 1. The number of benzene rings is 4. The molecule has 274 valence electrons. The maximum absolute atomic E-state index is 13.9. The summed E-state index contributed by atoms with van der Waals surface area (Å²) in [7, 11) is 4.56. The fourth-order valence-electron chi connectivity index (χ4n) is 8.33. The van der Waals surface area contributed by atoms with Crippen LogP contribution in [0.3, 0.4) is 0 Å². The van der Waals surface area contributed by atoms with Crippen molar-refractivity contribution in [3.05, 3.63) is 101 Å². The minimum Gasteiger partial charge on any atom is -0.494 e. The van der Waals surface area contributed by atoms with E-state index in [2.05, 4.69) is 4.99 Å². The Morgan fingerprint density at radius 3 is 2.31 bits per heavy atom. The number of hydrogen-bond acceptors (Lipinski definition) is 12. The second-order valence-electron chi connectivity index (χ2n) is 13.4. The second-order valence-corrected chi connectivity index (χ2v) is 13.4. The van der Waals surface area contributed by atoms with E-state index < -0.39 is 35.8 Å². The summed E-state index contributed by atoms with van der Waals surface area (Å²) in [6.45, 7) is 0.0892. The van der Waals surface area contributed by atoms with Crippen LogP contribution in [0.2, 0.25) is 0 Å². The zero-order valence-corrected chi connectivity index (χ0v) is 29.5. The third-order valence-electron chi connectivity index (χ3n) is 10.7. The van der Waals surface area contributed by atoms with Crippen LogP contribution in [0.4, 0.5) is 5.69 Å². The van der Waals surface area contributed by atoms with Crippen LogP contribution < -0.4 is 23.7 Å². The van der Waals surface area contributed by atoms with E-state index in [1.165, 1.54) is 21.3 Å². The first kappa shape index (κ1) is 33.3. The molecule has 0 spiro atoms. The van der Waals surface area contributed by atoms with E-state index in [1.807, 2.05) is 30.3 Å². The lowest BCUT2D eigenvalue weighted by molar-refractivity contribution is -0.154. The molecule has 1 aromatic heterocycles. The highest BCUT2D eigenvalue weighted by molar-refractivity contribution is 6.56. The van der Waals surface area contributed by atoms with Crippen LogP contribution in [0.15, 0.2) is 77.8 Å². The molecule has 1 fully saturated rings. The van der Waals surface area contributed by atoms with Crippen molar-refractivity contribution in [2.75, 3.05) is 34.7 Å². The number of carbonyl (C=O) groups is 3. The Labute approximate surface area is 308 Å². The molecule has 0 bridgehead atoms. The van der Waals surface area contributed by atoms with Crippen LogP contribution in [-0.2, 0) is 25.6 Å². The fraction of sp³-hybridized carbons (Fsp3) is 0.268. The van der Waals surface area contributed by atoms with E-state index in [0.29, 0.717) is 73.2 Å². The number of esters is 2. The highest BCUT2D eigenvalue weighted by atomic mass is 16.7. The van der Waals surface area contributed by atoms with E-state index in [4.69, 9.17) is 33.2 Å². The number of ketones is 1. The topological polar surface area (TPSA) is 153 Å². The maximum atomic E-state index is 13.9. The number of carbonyl (C=O) groups excluding carboxylic acids is 3. The summed E-state index contributed by atoms with van der Waals surface area (Å²) >= 11 is 0. The molecular formula is C41H34N2O11. The number of rotatable bonds is 9. The first-order valence-corrected chi connectivity index (χ1v) is 17.4. The van der Waals surface area contributed by atoms with E-state index >= 15 is 0 Å². The SMILES string of the molecule is COc1cc([C@@H]2c3cc4c(cc3[C@H](OC(=O)CCn3c(O)c(C5=Nc6ccccc6C5=O)c5ccccc53)[C@H]3COC(=O)[C@H]23)OCO4)cc(OC)c1OC. The normalized spacial score (nSPS) is 20.5. The number of aromatic hydroxyl groups is 1. The molecule has 13 nitrogen and oxygen atoms in total. The number of Topliss-reactive ketones (excluding diaryl/α,β-unsaturated/α-hetero) is 1. The van der Waals surface area contributed by atoms with Crippen LogP contribution in [0, 0.1) is 11.8 Å². The van der Waals surface area contributed by atoms with Gasteiger partial charge in [-0.15, -0.1) is 0 Å². The number of aryl methyl sites for hydroxylation is 1. The molecule has 0 saturated carbocycles. The van der Waals surface area contributed by atoms with Crippen molar-refractivity contribution in [2.24, 2.45) is 16.8 Å². The Morgan fingerprint density at radius 2 is 1.59 bits per heavy atom. The van der Waals surface area contributed by atoms with Gasteiger partial charge in [-0.1, -0.05) is 30.3 Å². The lowest BCUT2D eigenvalue weighted by Crippen LogP contribution is -2.36. The molecule has 1 aliphatic carbocycles. The molecule has 4 aliphatic rings. The smallest absolute Gasteiger partial charge is 0.310 e. The van der Waals surface area contributed by atoms with Crippen LogP contribution in [0.5, 0.6) is 34.6 Å². The zero-order chi connectivity index (χ0) is 37.2. The van der Waals surface area contributed by atoms with Crippen molar-refractivity contribution in [3.63, 3.8) is 0 Å². The van der Waals surface area contributed by atoms with E-state index in [-0.39, 0.29) is 43.7 Å². The lowest BCUT2D eigenvalue weighted by atomic mass is 9.66. The molecule has 54 heavy (non-hydrogen) atoms. The number of aromatic nitrogens is 1. The molecule has 0 amide bonds. The molecule has 0 unspecified atom stereocenters. The average molecular weight is 731 g/mol. The van der Waals surface area contributed by atoms with Gasteiger partial charge in [0.2, 0.25) is 24.2 Å². The molecular weight excluding hydrogens is 696 g/mol. The van der Waals surface area contributed by atoms with E-state index in [0.717, 1.165) is 0 Å². The highest BCUT2D eigenvalue weighted by Crippen LogP contribution is 2.56. The molecule has 4 aromatic carbocycles. The summed E-state index contributed by atoms with van der Waals surface area (Å²) in [6, 6.07) is 21.5. The molecule has 3 aliphatic heterocycles. The van der Waals surface area contributed by atoms with Gasteiger partial charge in [0.25, 0.3) is 0 Å². The maximum Gasteiger partial charge on any atom is 0.310 e. The third kappa shape index (κ3) is 5.06. The Morgan fingerprint density at radius 1 is 0.889 bits per heavy atom. The molecule has 4 heterocycles. The van der Waals surface area contributed by atoms with Crippen LogP contribution in [0.1, 0.15) is 51.1 Å². The number of ether oxygens (including phenoxy) is 7. The van der Waals surface area contributed by atoms with E-state index in [1.54, 1.807) is 47.0 Å². The fourth-order valence-corrected chi connectivity index (χ4v) is 8.33. The molecule has 13 heteroatoms. The first-order chi connectivity index (χ1) is 26.3. The summed E-state index contributed by atoms with van der Waals surface area (Å²) in [5, 5.41) is 12.2. The minimum absolute atomic E-state index is 0.0207. The number of nitrogens with zero attached hydrogens (tertiary/aromatic N) is 2. The van der Waals surface area contributed by atoms with E-state index in [9.17, 15) is 19.5 Å². The number of methoxy groups -OCH3 is 3. The molecule has 1 saturated heterocycles. The second kappa shape index (κ2) is 12.9. The van der Waals surface area contributed by atoms with Crippen molar-refractivity contribution < 1.29 is 52.6 Å². The van der Waals surface area contributed by atoms with Gasteiger partial charge in [-0.25, -0.2) is 4.99 Å². The van der Waals surface area contributed by atoms with Gasteiger partial charge in [-0.2, -0.15) is 0 Å². The van der Waals surface area contributed by atoms with Gasteiger partial charge in [0.15, 0.2) is 23.0 Å². The van der Waals surface area contributed by atoms with Crippen molar-refractivity contribution >= 4 is 40.0 Å². The first-order valence-electron chi connectivity index (χ1n) is 17.4. The lowest BCUT2D eigenvalue weighted by Gasteiger charge is -2.38. The Balaban J connectivity index is 1.06. The molecule has 0 radical (unpaired) electrons. The standard InChI is InChI=1S/C41H34N2O11/c1-48-30-14-20(15-31(49-2)39(30)50-3)33-23-16-28-29(53-19-52-28)17-24(23)38(25-18-51-41(47)34(25)33)54-32(44)12-13-43-27-11-7-5-9-22(27)35(40(43)46)36-37(45)21-8-4-6-10-26(21)42-36/h4-11,14-17,25,33-34,38,46H,12-13,18-19H2,1-3H3/t25-,33+,34-,38-/m0/s1. The number of aliphatic imine (C=N–C) groups is 1. The van der Waals surface area contributed by atoms with Gasteiger partial charge in [-0.05, 0) is 53.6 Å². The minimum atomic E-state index is -0.869. The number of para-hydroxylation sites is 2. The Hall–Kier alpha value is -6.50. The van der Waals surface area contributed by atoms with Crippen LogP contribution >= 0.6 is 0 Å². The van der Waals surface area contributed by atoms with Crippen LogP contribution in [-0.4, -0.2) is 67.8 Å². The van der Waals surface area contributed by atoms with Crippen molar-refractivity contribution in [3.8, 4) is 34.6 Å². The molecule has 1 N–H and O–H groups in total. The summed E-state index contributed by atoms with van der Waals surface area (Å²) in [4.78, 5) is 45.4. The van der Waals surface area contributed by atoms with Gasteiger partial charge in [0, 0.05) is 34.9 Å². The Kier molecular flexibility index (Phi) is 7.94.